The van der Waals surface area contributed by atoms with Gasteiger partial charge in [-0.25, -0.2) is 0 Å². The van der Waals surface area contributed by atoms with Gasteiger partial charge in [0, 0.05) is 28.0 Å². The van der Waals surface area contributed by atoms with E-state index in [1.165, 1.54) is 5.56 Å². The fourth-order valence-electron chi connectivity index (χ4n) is 2.84. The average molecular weight is 343 g/mol. The molecule has 0 radical (unpaired) electrons. The third kappa shape index (κ3) is 3.45. The zero-order valence-corrected chi connectivity index (χ0v) is 14.3. The summed E-state index contributed by atoms with van der Waals surface area (Å²) in [5.74, 6) is 7.09. The Morgan fingerprint density at radius 3 is 2.28 bits per heavy atom. The molecule has 0 aliphatic carbocycles. The van der Waals surface area contributed by atoms with E-state index in [0.717, 1.165) is 34.3 Å². The maximum absolute atomic E-state index is 6.02. The SMILES string of the molecule is Clc1ccc(C#Cc2oc3ccccc3c2Cc2ccccc2)cc1. The number of halogens is 1. The Bertz CT molecular complexity index is 1060. The monoisotopic (exact) mass is 342 g/mol. The topological polar surface area (TPSA) is 13.1 Å². The van der Waals surface area contributed by atoms with E-state index in [4.69, 9.17) is 16.0 Å². The predicted molar refractivity (Wildman–Crippen MR) is 103 cm³/mol. The second-order valence-electron chi connectivity index (χ2n) is 5.83. The molecule has 25 heavy (non-hydrogen) atoms. The molecule has 0 saturated carbocycles. The van der Waals surface area contributed by atoms with Crippen molar-refractivity contribution in [2.24, 2.45) is 0 Å². The van der Waals surface area contributed by atoms with Crippen LogP contribution >= 0.6 is 11.6 Å². The highest BCUT2D eigenvalue weighted by Crippen LogP contribution is 2.27. The van der Waals surface area contributed by atoms with E-state index in [0.29, 0.717) is 5.02 Å². The first-order chi connectivity index (χ1) is 12.3. The molecule has 0 saturated heterocycles. The number of para-hydroxylation sites is 1. The number of benzene rings is 3. The van der Waals surface area contributed by atoms with E-state index >= 15 is 0 Å². The number of hydrogen-bond donors (Lipinski definition) is 0. The van der Waals surface area contributed by atoms with Crippen LogP contribution in [0.1, 0.15) is 22.5 Å². The van der Waals surface area contributed by atoms with Crippen LogP contribution in [0.2, 0.25) is 5.02 Å². The lowest BCUT2D eigenvalue weighted by atomic mass is 10.0. The Morgan fingerprint density at radius 1 is 0.760 bits per heavy atom. The van der Waals surface area contributed by atoms with E-state index in [-0.39, 0.29) is 0 Å². The molecule has 1 aromatic heterocycles. The predicted octanol–water partition coefficient (Wildman–Crippen LogP) is 6.08. The minimum atomic E-state index is 0.707. The highest BCUT2D eigenvalue weighted by Gasteiger charge is 2.12. The first-order valence-electron chi connectivity index (χ1n) is 8.11. The first-order valence-corrected chi connectivity index (χ1v) is 8.49. The van der Waals surface area contributed by atoms with Crippen molar-refractivity contribution in [2.45, 2.75) is 6.42 Å². The van der Waals surface area contributed by atoms with Gasteiger partial charge in [0.2, 0.25) is 0 Å². The molecular formula is C23H15ClO. The second-order valence-corrected chi connectivity index (χ2v) is 6.26. The van der Waals surface area contributed by atoms with E-state index in [1.54, 1.807) is 0 Å². The summed E-state index contributed by atoms with van der Waals surface area (Å²) in [4.78, 5) is 0. The van der Waals surface area contributed by atoms with Gasteiger partial charge < -0.3 is 4.42 Å². The molecule has 0 spiro atoms. The Kier molecular flexibility index (Phi) is 4.29. The van der Waals surface area contributed by atoms with Crippen molar-refractivity contribution >= 4 is 22.6 Å². The lowest BCUT2D eigenvalue weighted by molar-refractivity contribution is 0.597. The summed E-state index contributed by atoms with van der Waals surface area (Å²) in [5.41, 5.74) is 4.15. The smallest absolute Gasteiger partial charge is 0.182 e. The van der Waals surface area contributed by atoms with Crippen molar-refractivity contribution in [1.29, 1.82) is 0 Å². The fraction of sp³-hybridized carbons (Fsp3) is 0.0435. The minimum Gasteiger partial charge on any atom is -0.447 e. The summed E-state index contributed by atoms with van der Waals surface area (Å²) < 4.78 is 6.02. The van der Waals surface area contributed by atoms with Gasteiger partial charge in [-0.2, -0.15) is 0 Å². The Balaban J connectivity index is 1.78. The molecule has 1 heterocycles. The van der Waals surface area contributed by atoms with Gasteiger partial charge in [-0.15, -0.1) is 0 Å². The van der Waals surface area contributed by atoms with Gasteiger partial charge in [-0.1, -0.05) is 66.1 Å². The van der Waals surface area contributed by atoms with Crippen LogP contribution in [-0.4, -0.2) is 0 Å². The van der Waals surface area contributed by atoms with E-state index < -0.39 is 0 Å². The molecule has 4 rings (SSSR count). The van der Waals surface area contributed by atoms with Gasteiger partial charge in [0.05, 0.1) is 0 Å². The molecular weight excluding hydrogens is 328 g/mol. The second kappa shape index (κ2) is 6.89. The van der Waals surface area contributed by atoms with Gasteiger partial charge in [0.25, 0.3) is 0 Å². The zero-order valence-electron chi connectivity index (χ0n) is 13.5. The third-order valence-electron chi connectivity index (χ3n) is 4.09. The highest BCUT2D eigenvalue weighted by atomic mass is 35.5. The first kappa shape index (κ1) is 15.6. The van der Waals surface area contributed by atoms with Crippen molar-refractivity contribution < 1.29 is 4.42 Å². The molecule has 0 aliphatic heterocycles. The third-order valence-corrected chi connectivity index (χ3v) is 4.34. The van der Waals surface area contributed by atoms with Crippen molar-refractivity contribution in [1.82, 2.24) is 0 Å². The fourth-order valence-corrected chi connectivity index (χ4v) is 2.96. The number of furan rings is 1. The largest absolute Gasteiger partial charge is 0.447 e. The van der Waals surface area contributed by atoms with Gasteiger partial charge in [0.15, 0.2) is 5.76 Å². The maximum Gasteiger partial charge on any atom is 0.182 e. The van der Waals surface area contributed by atoms with Crippen LogP contribution in [0.15, 0.2) is 83.3 Å². The summed E-state index contributed by atoms with van der Waals surface area (Å²) in [7, 11) is 0. The number of hydrogen-bond acceptors (Lipinski definition) is 1. The van der Waals surface area contributed by atoms with Crippen molar-refractivity contribution in [2.75, 3.05) is 0 Å². The van der Waals surface area contributed by atoms with Gasteiger partial charge >= 0.3 is 0 Å². The highest BCUT2D eigenvalue weighted by molar-refractivity contribution is 6.30. The molecule has 0 amide bonds. The quantitative estimate of drug-likeness (QED) is 0.402. The summed E-state index contributed by atoms with van der Waals surface area (Å²) in [5, 5.41) is 1.82. The standard InChI is InChI=1S/C23H15ClO/c24-19-13-10-17(11-14-19)12-15-23-21(16-18-6-2-1-3-7-18)20-8-4-5-9-22(20)25-23/h1-11,13-14H,16H2. The summed E-state index contributed by atoms with van der Waals surface area (Å²) >= 11 is 5.93. The van der Waals surface area contributed by atoms with E-state index in [1.807, 2.05) is 48.5 Å². The number of rotatable bonds is 2. The zero-order chi connectivity index (χ0) is 17.1. The van der Waals surface area contributed by atoms with Gasteiger partial charge in [-0.05, 0) is 41.8 Å². The molecule has 1 nitrogen and oxygen atoms in total. The minimum absolute atomic E-state index is 0.707. The summed E-state index contributed by atoms with van der Waals surface area (Å²) in [6.45, 7) is 0. The Labute approximate surface area is 151 Å². The van der Waals surface area contributed by atoms with Gasteiger partial charge in [0.1, 0.15) is 5.58 Å². The van der Waals surface area contributed by atoms with Gasteiger partial charge in [-0.3, -0.25) is 0 Å². The lowest BCUT2D eigenvalue weighted by Crippen LogP contribution is -1.89. The molecule has 0 unspecified atom stereocenters. The Hall–Kier alpha value is -2.95. The Morgan fingerprint density at radius 2 is 1.48 bits per heavy atom. The van der Waals surface area contributed by atoms with Crippen molar-refractivity contribution in [3.8, 4) is 11.8 Å². The maximum atomic E-state index is 6.02. The summed E-state index contributed by atoms with van der Waals surface area (Å²) in [6.07, 6.45) is 0.794. The summed E-state index contributed by atoms with van der Waals surface area (Å²) in [6, 6.07) is 26.0. The van der Waals surface area contributed by atoms with Crippen LogP contribution in [0.5, 0.6) is 0 Å². The van der Waals surface area contributed by atoms with Crippen LogP contribution < -0.4 is 0 Å². The van der Waals surface area contributed by atoms with Crippen LogP contribution in [-0.2, 0) is 6.42 Å². The van der Waals surface area contributed by atoms with Crippen LogP contribution in [0.25, 0.3) is 11.0 Å². The van der Waals surface area contributed by atoms with E-state index in [2.05, 4.69) is 42.2 Å². The molecule has 0 bridgehead atoms. The molecule has 0 fully saturated rings. The van der Waals surface area contributed by atoms with Crippen LogP contribution in [0.4, 0.5) is 0 Å². The molecule has 0 aliphatic rings. The average Bonchev–Trinajstić information content (AvgIpc) is 3.00. The van der Waals surface area contributed by atoms with E-state index in [9.17, 15) is 0 Å². The molecule has 4 aromatic rings. The molecule has 0 N–H and O–H groups in total. The van der Waals surface area contributed by atoms with Crippen LogP contribution in [0, 0.1) is 11.8 Å². The molecule has 0 atom stereocenters. The van der Waals surface area contributed by atoms with Crippen molar-refractivity contribution in [3.05, 3.63) is 106 Å². The van der Waals surface area contributed by atoms with Crippen LogP contribution in [0.3, 0.4) is 0 Å². The van der Waals surface area contributed by atoms with Crippen molar-refractivity contribution in [3.63, 3.8) is 0 Å². The molecule has 120 valence electrons. The number of fused-ring (bicyclic) bond motifs is 1. The lowest BCUT2D eigenvalue weighted by Gasteiger charge is -2.00. The normalized spacial score (nSPS) is 10.4. The molecule has 3 aromatic carbocycles. The molecule has 2 heteroatoms.